The Hall–Kier alpha value is -2.69. The maximum absolute atomic E-state index is 13.1. The van der Waals surface area contributed by atoms with Crippen LogP contribution in [0.5, 0.6) is 11.5 Å². The summed E-state index contributed by atoms with van der Waals surface area (Å²) in [7, 11) is -0.764. The molecule has 10 heteroatoms. The molecule has 2 atom stereocenters. The molecule has 1 saturated heterocycles. The summed E-state index contributed by atoms with van der Waals surface area (Å²) in [5, 5.41) is 2.94. The van der Waals surface area contributed by atoms with Crippen LogP contribution in [0.1, 0.15) is 25.5 Å². The number of carbonyl (C=O) groups excluding carboxylic acids is 1. The van der Waals surface area contributed by atoms with Gasteiger partial charge in [-0.15, -0.1) is 0 Å². The van der Waals surface area contributed by atoms with Crippen LogP contribution >= 0.6 is 0 Å². The predicted octanol–water partition coefficient (Wildman–Crippen LogP) is 2.42. The third-order valence-corrected chi connectivity index (χ3v) is 7.82. The molecule has 0 spiro atoms. The summed E-state index contributed by atoms with van der Waals surface area (Å²) in [5.74, 6) is 0.309. The highest BCUT2D eigenvalue weighted by Gasteiger charge is 2.32. The van der Waals surface area contributed by atoms with Crippen LogP contribution in [0.3, 0.4) is 0 Å². The first-order valence-electron chi connectivity index (χ1n) is 10.7. The van der Waals surface area contributed by atoms with Gasteiger partial charge in [-0.2, -0.15) is 4.31 Å². The SMILES string of the molecule is COc1ccc(S(=O)(=O)N2CCN([C@H](C)C(=O)N[C@H](C)c3ccc(F)cc3)CC2)cc1OC. The van der Waals surface area contributed by atoms with Gasteiger partial charge in [-0.3, -0.25) is 9.69 Å². The minimum Gasteiger partial charge on any atom is -0.493 e. The number of hydrogen-bond acceptors (Lipinski definition) is 6. The zero-order chi connectivity index (χ0) is 24.2. The number of methoxy groups -OCH3 is 2. The first-order chi connectivity index (χ1) is 15.7. The van der Waals surface area contributed by atoms with E-state index >= 15 is 0 Å². The summed E-state index contributed by atoms with van der Waals surface area (Å²) < 4.78 is 51.1. The highest BCUT2D eigenvalue weighted by Crippen LogP contribution is 2.31. The van der Waals surface area contributed by atoms with Gasteiger partial charge in [0.25, 0.3) is 0 Å². The van der Waals surface area contributed by atoms with Crippen LogP contribution in [0.2, 0.25) is 0 Å². The van der Waals surface area contributed by atoms with Crippen LogP contribution in [-0.4, -0.2) is 70.0 Å². The maximum Gasteiger partial charge on any atom is 0.243 e. The number of benzene rings is 2. The number of amides is 1. The van der Waals surface area contributed by atoms with Gasteiger partial charge < -0.3 is 14.8 Å². The lowest BCUT2D eigenvalue weighted by Gasteiger charge is -2.37. The molecule has 33 heavy (non-hydrogen) atoms. The zero-order valence-electron chi connectivity index (χ0n) is 19.2. The molecular weight excluding hydrogens is 449 g/mol. The van der Waals surface area contributed by atoms with E-state index < -0.39 is 16.1 Å². The number of nitrogens with one attached hydrogen (secondary N) is 1. The van der Waals surface area contributed by atoms with Gasteiger partial charge in [-0.1, -0.05) is 12.1 Å². The number of rotatable bonds is 8. The topological polar surface area (TPSA) is 88.2 Å². The van der Waals surface area contributed by atoms with E-state index in [1.54, 1.807) is 25.1 Å². The summed E-state index contributed by atoms with van der Waals surface area (Å²) in [5.41, 5.74) is 0.808. The molecule has 0 unspecified atom stereocenters. The number of carbonyl (C=O) groups is 1. The molecule has 1 fully saturated rings. The molecule has 1 aliphatic rings. The van der Waals surface area contributed by atoms with E-state index in [1.165, 1.54) is 42.8 Å². The quantitative estimate of drug-likeness (QED) is 0.626. The molecule has 8 nitrogen and oxygen atoms in total. The lowest BCUT2D eigenvalue weighted by molar-refractivity contribution is -0.127. The van der Waals surface area contributed by atoms with E-state index in [0.717, 1.165) is 5.56 Å². The number of nitrogens with zero attached hydrogens (tertiary/aromatic N) is 2. The van der Waals surface area contributed by atoms with Gasteiger partial charge in [-0.25, -0.2) is 12.8 Å². The van der Waals surface area contributed by atoms with Gasteiger partial charge in [0.1, 0.15) is 5.82 Å². The minimum atomic E-state index is -3.71. The number of ether oxygens (including phenoxy) is 2. The summed E-state index contributed by atoms with van der Waals surface area (Å²) in [6.45, 7) is 5.01. The largest absolute Gasteiger partial charge is 0.493 e. The Morgan fingerprint density at radius 1 is 0.970 bits per heavy atom. The lowest BCUT2D eigenvalue weighted by atomic mass is 10.1. The average molecular weight is 480 g/mol. The number of piperazine rings is 1. The summed E-state index contributed by atoms with van der Waals surface area (Å²) in [4.78, 5) is 14.8. The lowest BCUT2D eigenvalue weighted by Crippen LogP contribution is -2.55. The molecule has 2 aromatic carbocycles. The second-order valence-electron chi connectivity index (χ2n) is 7.91. The molecule has 0 radical (unpaired) electrons. The van der Waals surface area contributed by atoms with Crippen molar-refractivity contribution in [3.05, 3.63) is 53.8 Å². The Labute approximate surface area is 194 Å². The zero-order valence-corrected chi connectivity index (χ0v) is 20.1. The highest BCUT2D eigenvalue weighted by molar-refractivity contribution is 7.89. The van der Waals surface area contributed by atoms with Gasteiger partial charge in [-0.05, 0) is 43.7 Å². The molecule has 180 valence electrons. The van der Waals surface area contributed by atoms with E-state index in [2.05, 4.69) is 5.32 Å². The molecule has 1 heterocycles. The molecule has 1 N–H and O–H groups in total. The summed E-state index contributed by atoms with van der Waals surface area (Å²) >= 11 is 0. The summed E-state index contributed by atoms with van der Waals surface area (Å²) in [6.07, 6.45) is 0. The summed E-state index contributed by atoms with van der Waals surface area (Å²) in [6, 6.07) is 9.82. The van der Waals surface area contributed by atoms with Crippen molar-refractivity contribution in [2.75, 3.05) is 40.4 Å². The Kier molecular flexibility index (Phi) is 7.93. The molecule has 1 amide bonds. The van der Waals surface area contributed by atoms with Crippen molar-refractivity contribution >= 4 is 15.9 Å². The van der Waals surface area contributed by atoms with Crippen molar-refractivity contribution in [2.45, 2.75) is 30.8 Å². The van der Waals surface area contributed by atoms with Crippen LogP contribution in [0, 0.1) is 5.82 Å². The van der Waals surface area contributed by atoms with Crippen LogP contribution < -0.4 is 14.8 Å². The van der Waals surface area contributed by atoms with Crippen molar-refractivity contribution in [3.8, 4) is 11.5 Å². The average Bonchev–Trinajstić information content (AvgIpc) is 2.83. The fourth-order valence-electron chi connectivity index (χ4n) is 3.79. The smallest absolute Gasteiger partial charge is 0.243 e. The van der Waals surface area contributed by atoms with Crippen molar-refractivity contribution < 1.29 is 27.1 Å². The van der Waals surface area contributed by atoms with Crippen LogP contribution in [0.4, 0.5) is 4.39 Å². The van der Waals surface area contributed by atoms with E-state index in [4.69, 9.17) is 9.47 Å². The monoisotopic (exact) mass is 479 g/mol. The number of sulfonamides is 1. The van der Waals surface area contributed by atoms with E-state index in [-0.39, 0.29) is 35.8 Å². The van der Waals surface area contributed by atoms with Gasteiger partial charge in [0.2, 0.25) is 15.9 Å². The van der Waals surface area contributed by atoms with Gasteiger partial charge in [0, 0.05) is 32.2 Å². The van der Waals surface area contributed by atoms with Crippen LogP contribution in [0.25, 0.3) is 0 Å². The van der Waals surface area contributed by atoms with Crippen molar-refractivity contribution in [2.24, 2.45) is 0 Å². The maximum atomic E-state index is 13.1. The van der Waals surface area contributed by atoms with Gasteiger partial charge in [0.05, 0.1) is 31.2 Å². The van der Waals surface area contributed by atoms with Crippen LogP contribution in [0.15, 0.2) is 47.4 Å². The molecule has 0 bridgehead atoms. The van der Waals surface area contributed by atoms with Crippen LogP contribution in [-0.2, 0) is 14.8 Å². The molecule has 0 saturated carbocycles. The van der Waals surface area contributed by atoms with Gasteiger partial charge >= 0.3 is 0 Å². The predicted molar refractivity (Wildman–Crippen MR) is 122 cm³/mol. The molecular formula is C23H30FN3O5S. The molecule has 0 aliphatic carbocycles. The van der Waals surface area contributed by atoms with Gasteiger partial charge in [0.15, 0.2) is 11.5 Å². The first-order valence-corrected chi connectivity index (χ1v) is 12.1. The van der Waals surface area contributed by atoms with E-state index in [0.29, 0.717) is 24.6 Å². The fraction of sp³-hybridized carbons (Fsp3) is 0.435. The standard InChI is InChI=1S/C23H30FN3O5S/c1-16(18-5-7-19(24)8-6-18)25-23(28)17(2)26-11-13-27(14-12-26)33(29,30)20-9-10-21(31-3)22(15-20)32-4/h5-10,15-17H,11-14H2,1-4H3,(H,25,28)/t16-,17-/m1/s1. The fourth-order valence-corrected chi connectivity index (χ4v) is 5.23. The number of halogens is 1. The molecule has 0 aromatic heterocycles. The Morgan fingerprint density at radius 3 is 2.15 bits per heavy atom. The molecule has 1 aliphatic heterocycles. The normalized spacial score (nSPS) is 17.2. The second-order valence-corrected chi connectivity index (χ2v) is 9.85. The minimum absolute atomic E-state index is 0.132. The highest BCUT2D eigenvalue weighted by atomic mass is 32.2. The third-order valence-electron chi connectivity index (χ3n) is 5.92. The Bertz CT molecular complexity index is 1070. The Balaban J connectivity index is 1.60. The van der Waals surface area contributed by atoms with Crippen molar-refractivity contribution in [1.82, 2.24) is 14.5 Å². The van der Waals surface area contributed by atoms with E-state index in [1.807, 2.05) is 11.8 Å². The van der Waals surface area contributed by atoms with Crippen molar-refractivity contribution in [1.29, 1.82) is 0 Å². The molecule has 3 rings (SSSR count). The Morgan fingerprint density at radius 2 is 1.58 bits per heavy atom. The van der Waals surface area contributed by atoms with Crippen molar-refractivity contribution in [3.63, 3.8) is 0 Å². The molecule has 2 aromatic rings. The second kappa shape index (κ2) is 10.5. The van der Waals surface area contributed by atoms with E-state index in [9.17, 15) is 17.6 Å². The third kappa shape index (κ3) is 5.63. The number of hydrogen-bond donors (Lipinski definition) is 1. The first kappa shape index (κ1) is 24.9.